The van der Waals surface area contributed by atoms with Crippen LogP contribution in [-0.4, -0.2) is 0 Å². The molecule has 0 fully saturated rings. The first kappa shape index (κ1) is 8.54. The topological polar surface area (TPSA) is 9.23 Å². The number of ether oxygens (including phenoxy) is 1. The molecule has 1 heteroatoms. The van der Waals surface area contributed by atoms with Crippen LogP contribution in [0.4, 0.5) is 0 Å². The van der Waals surface area contributed by atoms with Crippen LogP contribution < -0.4 is 4.74 Å². The van der Waals surface area contributed by atoms with Gasteiger partial charge in [-0.1, -0.05) is 36.4 Å². The Kier molecular flexibility index (Phi) is 1.95. The summed E-state index contributed by atoms with van der Waals surface area (Å²) in [4.78, 5) is 0. The Morgan fingerprint density at radius 3 is 2.87 bits per heavy atom. The fourth-order valence-corrected chi connectivity index (χ4v) is 1.98. The van der Waals surface area contributed by atoms with Crippen molar-refractivity contribution in [2.45, 2.75) is 12.5 Å². The smallest absolute Gasteiger partial charge is 0.128 e. The van der Waals surface area contributed by atoms with Crippen LogP contribution in [0.1, 0.15) is 17.2 Å². The third-order valence-corrected chi connectivity index (χ3v) is 2.75. The zero-order valence-electron chi connectivity index (χ0n) is 8.31. The summed E-state index contributed by atoms with van der Waals surface area (Å²) in [6.07, 6.45) is 1.13. The number of hydrogen-bond acceptors (Lipinski definition) is 1. The van der Waals surface area contributed by atoms with Crippen molar-refractivity contribution < 1.29 is 4.74 Å². The second kappa shape index (κ2) is 3.43. The molecular weight excluding hydrogens is 184 g/mol. The highest BCUT2D eigenvalue weighted by Crippen LogP contribution is 2.35. The maximum atomic E-state index is 5.87. The Hall–Kier alpha value is -1.76. The Bertz CT molecular complexity index is 437. The van der Waals surface area contributed by atoms with Crippen molar-refractivity contribution in [3.05, 3.63) is 65.7 Å². The molecule has 0 aliphatic carbocycles. The van der Waals surface area contributed by atoms with Crippen LogP contribution in [0.3, 0.4) is 0 Å². The molecule has 1 nitrogen and oxygen atoms in total. The summed E-state index contributed by atoms with van der Waals surface area (Å²) < 4.78 is 5.87. The second-order valence-electron chi connectivity index (χ2n) is 3.76. The van der Waals surface area contributed by atoms with E-state index in [1.807, 2.05) is 30.3 Å². The standard InChI is InChI=1S/C14H11O/c1-2-6-11(7-3-1)14-10-12-8-4-5-9-13(12)15-14/h1-2,4-9,14H,10H2. The van der Waals surface area contributed by atoms with Crippen molar-refractivity contribution in [2.24, 2.45) is 0 Å². The summed E-state index contributed by atoms with van der Waals surface area (Å²) in [5.41, 5.74) is 2.50. The van der Waals surface area contributed by atoms with E-state index in [9.17, 15) is 0 Å². The van der Waals surface area contributed by atoms with E-state index in [0.29, 0.717) is 0 Å². The first-order valence-corrected chi connectivity index (χ1v) is 5.14. The lowest BCUT2D eigenvalue weighted by Crippen LogP contribution is -2.02. The maximum Gasteiger partial charge on any atom is 0.128 e. The van der Waals surface area contributed by atoms with E-state index in [4.69, 9.17) is 4.74 Å². The van der Waals surface area contributed by atoms with E-state index in [1.54, 1.807) is 0 Å². The fraction of sp³-hybridized carbons (Fsp3) is 0.143. The molecule has 0 aromatic heterocycles. The lowest BCUT2D eigenvalue weighted by atomic mass is 10.0. The molecule has 0 spiro atoms. The molecule has 0 amide bonds. The molecule has 2 aromatic rings. The quantitative estimate of drug-likeness (QED) is 0.679. The lowest BCUT2D eigenvalue weighted by molar-refractivity contribution is 0.238. The zero-order valence-corrected chi connectivity index (χ0v) is 8.31. The Labute approximate surface area is 89.3 Å². The zero-order chi connectivity index (χ0) is 10.1. The molecule has 1 unspecified atom stereocenters. The van der Waals surface area contributed by atoms with Crippen LogP contribution in [0.2, 0.25) is 0 Å². The van der Waals surface area contributed by atoms with Crippen molar-refractivity contribution in [3.63, 3.8) is 0 Å². The van der Waals surface area contributed by atoms with Crippen molar-refractivity contribution >= 4 is 0 Å². The van der Waals surface area contributed by atoms with Crippen LogP contribution >= 0.6 is 0 Å². The molecule has 15 heavy (non-hydrogen) atoms. The van der Waals surface area contributed by atoms with Gasteiger partial charge >= 0.3 is 0 Å². The van der Waals surface area contributed by atoms with Gasteiger partial charge in [0.15, 0.2) is 0 Å². The van der Waals surface area contributed by atoms with E-state index in [-0.39, 0.29) is 6.10 Å². The SMILES string of the molecule is [c]1cccc(C2Cc3ccccc3O2)c1. The van der Waals surface area contributed by atoms with E-state index in [1.165, 1.54) is 11.1 Å². The van der Waals surface area contributed by atoms with Gasteiger partial charge in [0.2, 0.25) is 0 Å². The highest BCUT2D eigenvalue weighted by molar-refractivity contribution is 5.39. The molecule has 2 aromatic carbocycles. The van der Waals surface area contributed by atoms with Crippen molar-refractivity contribution in [1.29, 1.82) is 0 Å². The predicted octanol–water partition coefficient (Wildman–Crippen LogP) is 3.16. The van der Waals surface area contributed by atoms with Crippen molar-refractivity contribution in [2.75, 3.05) is 0 Å². The lowest BCUT2D eigenvalue weighted by Gasteiger charge is -2.09. The van der Waals surface area contributed by atoms with E-state index in [0.717, 1.165) is 12.2 Å². The average molecular weight is 195 g/mol. The molecule has 3 rings (SSSR count). The van der Waals surface area contributed by atoms with Gasteiger partial charge < -0.3 is 4.74 Å². The van der Waals surface area contributed by atoms with Crippen LogP contribution in [0.25, 0.3) is 0 Å². The average Bonchev–Trinajstić information content (AvgIpc) is 2.74. The Morgan fingerprint density at radius 1 is 1.13 bits per heavy atom. The summed E-state index contributed by atoms with van der Waals surface area (Å²) >= 11 is 0. The first-order chi connectivity index (χ1) is 7.43. The second-order valence-corrected chi connectivity index (χ2v) is 3.76. The fourth-order valence-electron chi connectivity index (χ4n) is 1.98. The monoisotopic (exact) mass is 195 g/mol. The molecule has 0 N–H and O–H groups in total. The van der Waals surface area contributed by atoms with Crippen molar-refractivity contribution in [3.8, 4) is 5.75 Å². The molecule has 1 radical (unpaired) electrons. The van der Waals surface area contributed by atoms with Gasteiger partial charge in [0.05, 0.1) is 0 Å². The number of rotatable bonds is 1. The summed E-state index contributed by atoms with van der Waals surface area (Å²) in [5.74, 6) is 1.02. The molecule has 1 aliphatic heterocycles. The minimum absolute atomic E-state index is 0.167. The highest BCUT2D eigenvalue weighted by atomic mass is 16.5. The Balaban J connectivity index is 1.91. The maximum absolute atomic E-state index is 5.87. The van der Waals surface area contributed by atoms with E-state index < -0.39 is 0 Å². The van der Waals surface area contributed by atoms with Crippen LogP contribution in [-0.2, 0) is 6.42 Å². The molecule has 1 heterocycles. The van der Waals surface area contributed by atoms with E-state index in [2.05, 4.69) is 24.3 Å². The van der Waals surface area contributed by atoms with Crippen molar-refractivity contribution in [1.82, 2.24) is 0 Å². The molecule has 0 saturated heterocycles. The predicted molar refractivity (Wildman–Crippen MR) is 58.8 cm³/mol. The normalized spacial score (nSPS) is 18.3. The summed E-state index contributed by atoms with van der Waals surface area (Å²) in [7, 11) is 0. The highest BCUT2D eigenvalue weighted by Gasteiger charge is 2.23. The number of benzene rings is 2. The van der Waals surface area contributed by atoms with Crippen LogP contribution in [0.5, 0.6) is 5.75 Å². The van der Waals surface area contributed by atoms with Crippen LogP contribution in [0.15, 0.2) is 48.5 Å². The third-order valence-electron chi connectivity index (χ3n) is 2.75. The molecule has 1 aliphatic rings. The number of para-hydroxylation sites is 1. The summed E-state index contributed by atoms with van der Waals surface area (Å²) in [6, 6.07) is 19.3. The van der Waals surface area contributed by atoms with Gasteiger partial charge in [0, 0.05) is 6.42 Å². The molecular formula is C14H11O. The van der Waals surface area contributed by atoms with Gasteiger partial charge in [-0.05, 0) is 29.3 Å². The van der Waals surface area contributed by atoms with Gasteiger partial charge in [-0.15, -0.1) is 0 Å². The third kappa shape index (κ3) is 1.50. The number of fused-ring (bicyclic) bond motifs is 1. The minimum Gasteiger partial charge on any atom is -0.485 e. The summed E-state index contributed by atoms with van der Waals surface area (Å²) in [6.45, 7) is 0. The molecule has 1 atom stereocenters. The largest absolute Gasteiger partial charge is 0.485 e. The molecule has 0 bridgehead atoms. The van der Waals surface area contributed by atoms with Gasteiger partial charge in [-0.25, -0.2) is 0 Å². The first-order valence-electron chi connectivity index (χ1n) is 5.14. The van der Waals surface area contributed by atoms with E-state index >= 15 is 0 Å². The van der Waals surface area contributed by atoms with Gasteiger partial charge in [0.25, 0.3) is 0 Å². The van der Waals surface area contributed by atoms with Gasteiger partial charge in [-0.3, -0.25) is 0 Å². The molecule has 0 saturated carbocycles. The molecule has 73 valence electrons. The number of hydrogen-bond donors (Lipinski definition) is 0. The Morgan fingerprint density at radius 2 is 2.07 bits per heavy atom. The summed E-state index contributed by atoms with van der Waals surface area (Å²) in [5, 5.41) is 0. The van der Waals surface area contributed by atoms with Gasteiger partial charge in [-0.2, -0.15) is 0 Å². The minimum atomic E-state index is 0.167. The van der Waals surface area contributed by atoms with Gasteiger partial charge in [0.1, 0.15) is 11.9 Å². The van der Waals surface area contributed by atoms with Crippen LogP contribution in [0, 0.1) is 6.07 Å².